The number of halogens is 2. The summed E-state index contributed by atoms with van der Waals surface area (Å²) in [4.78, 5) is 23.7. The fourth-order valence-electron chi connectivity index (χ4n) is 1.48. The molecule has 0 aliphatic carbocycles. The van der Waals surface area contributed by atoms with Crippen molar-refractivity contribution in [3.8, 4) is 0 Å². The highest BCUT2D eigenvalue weighted by Gasteiger charge is 2.37. The van der Waals surface area contributed by atoms with Crippen LogP contribution in [0.2, 0.25) is 0 Å². The second-order valence-corrected chi connectivity index (χ2v) is 4.68. The molecule has 0 aliphatic rings. The van der Waals surface area contributed by atoms with E-state index in [9.17, 15) is 18.4 Å². The average Bonchev–Trinajstić information content (AvgIpc) is 2.32. The van der Waals surface area contributed by atoms with E-state index in [0.717, 1.165) is 6.07 Å². The summed E-state index contributed by atoms with van der Waals surface area (Å²) >= 11 is 0. The SMILES string of the molecule is CCOC(=O)C(C)(C)C(=O)Cc1ccc(F)cc1F. The largest absolute Gasteiger partial charge is 0.465 e. The lowest BCUT2D eigenvalue weighted by molar-refractivity contribution is -0.157. The van der Waals surface area contributed by atoms with Crippen LogP contribution in [0.4, 0.5) is 8.78 Å². The molecule has 0 fully saturated rings. The average molecular weight is 270 g/mol. The zero-order chi connectivity index (χ0) is 14.6. The number of hydrogen-bond acceptors (Lipinski definition) is 3. The van der Waals surface area contributed by atoms with Gasteiger partial charge in [0.2, 0.25) is 0 Å². The Kier molecular flexibility index (Phi) is 4.75. The molecule has 0 N–H and O–H groups in total. The molecule has 104 valence electrons. The molecule has 0 spiro atoms. The molecule has 1 rings (SSSR count). The Morgan fingerprint density at radius 1 is 1.26 bits per heavy atom. The van der Waals surface area contributed by atoms with Crippen molar-refractivity contribution in [2.45, 2.75) is 27.2 Å². The monoisotopic (exact) mass is 270 g/mol. The van der Waals surface area contributed by atoms with Crippen molar-refractivity contribution in [2.75, 3.05) is 6.61 Å². The molecule has 1 aromatic carbocycles. The minimum atomic E-state index is -1.35. The van der Waals surface area contributed by atoms with E-state index in [0.29, 0.717) is 6.07 Å². The maximum Gasteiger partial charge on any atom is 0.319 e. The summed E-state index contributed by atoms with van der Waals surface area (Å²) in [5, 5.41) is 0. The molecule has 19 heavy (non-hydrogen) atoms. The van der Waals surface area contributed by atoms with Crippen LogP contribution in [0.1, 0.15) is 26.3 Å². The Hall–Kier alpha value is -1.78. The number of carbonyl (C=O) groups excluding carboxylic acids is 2. The molecule has 5 heteroatoms. The lowest BCUT2D eigenvalue weighted by Gasteiger charge is -2.20. The van der Waals surface area contributed by atoms with E-state index < -0.39 is 28.8 Å². The first kappa shape index (κ1) is 15.3. The number of esters is 1. The summed E-state index contributed by atoms with van der Waals surface area (Å²) in [6.07, 6.45) is -0.280. The summed E-state index contributed by atoms with van der Waals surface area (Å²) in [5.74, 6) is -2.63. The molecule has 3 nitrogen and oxygen atoms in total. The van der Waals surface area contributed by atoms with Crippen molar-refractivity contribution >= 4 is 11.8 Å². The van der Waals surface area contributed by atoms with Crippen LogP contribution in [0.25, 0.3) is 0 Å². The number of rotatable bonds is 5. The van der Waals surface area contributed by atoms with Gasteiger partial charge in [0.15, 0.2) is 5.78 Å². The molecule has 0 amide bonds. The zero-order valence-electron chi connectivity index (χ0n) is 11.1. The van der Waals surface area contributed by atoms with Crippen molar-refractivity contribution in [1.29, 1.82) is 0 Å². The molecule has 0 bridgehead atoms. The van der Waals surface area contributed by atoms with Crippen LogP contribution in [0.3, 0.4) is 0 Å². The Bertz CT molecular complexity index is 495. The van der Waals surface area contributed by atoms with E-state index in [4.69, 9.17) is 4.74 Å². The molecular formula is C14H16F2O3. The minimum Gasteiger partial charge on any atom is -0.465 e. The topological polar surface area (TPSA) is 43.4 Å². The Morgan fingerprint density at radius 2 is 1.89 bits per heavy atom. The van der Waals surface area contributed by atoms with Gasteiger partial charge < -0.3 is 4.74 Å². The molecule has 0 saturated carbocycles. The van der Waals surface area contributed by atoms with Gasteiger partial charge >= 0.3 is 5.97 Å². The summed E-state index contributed by atoms with van der Waals surface area (Å²) in [7, 11) is 0. The summed E-state index contributed by atoms with van der Waals surface area (Å²) in [5.41, 5.74) is -1.29. The maximum absolute atomic E-state index is 13.4. The smallest absolute Gasteiger partial charge is 0.319 e. The Labute approximate surface area is 110 Å². The number of benzene rings is 1. The van der Waals surface area contributed by atoms with Gasteiger partial charge in [-0.2, -0.15) is 0 Å². The van der Waals surface area contributed by atoms with Crippen molar-refractivity contribution in [3.05, 3.63) is 35.4 Å². The lowest BCUT2D eigenvalue weighted by Crippen LogP contribution is -2.36. The van der Waals surface area contributed by atoms with E-state index >= 15 is 0 Å². The Morgan fingerprint density at radius 3 is 2.42 bits per heavy atom. The molecule has 0 atom stereocenters. The van der Waals surface area contributed by atoms with Crippen LogP contribution >= 0.6 is 0 Å². The molecule has 0 unspecified atom stereocenters. The van der Waals surface area contributed by atoms with Gasteiger partial charge in [-0.25, -0.2) is 8.78 Å². The zero-order valence-corrected chi connectivity index (χ0v) is 11.1. The number of Topliss-reactive ketones (excluding diaryl/α,β-unsaturated/α-hetero) is 1. The maximum atomic E-state index is 13.4. The molecule has 0 heterocycles. The fourth-order valence-corrected chi connectivity index (χ4v) is 1.48. The van der Waals surface area contributed by atoms with Crippen LogP contribution in [-0.2, 0) is 20.7 Å². The fraction of sp³-hybridized carbons (Fsp3) is 0.429. The van der Waals surface area contributed by atoms with Crippen molar-refractivity contribution in [3.63, 3.8) is 0 Å². The molecular weight excluding hydrogens is 254 g/mol. The standard InChI is InChI=1S/C14H16F2O3/c1-4-19-13(18)14(2,3)12(17)7-9-5-6-10(15)8-11(9)16/h5-6,8H,4,7H2,1-3H3. The van der Waals surface area contributed by atoms with Crippen LogP contribution in [0.5, 0.6) is 0 Å². The first-order chi connectivity index (χ1) is 8.78. The summed E-state index contributed by atoms with van der Waals surface area (Å²) in [6, 6.07) is 2.98. The highest BCUT2D eigenvalue weighted by atomic mass is 19.1. The second-order valence-electron chi connectivity index (χ2n) is 4.68. The van der Waals surface area contributed by atoms with Crippen molar-refractivity contribution in [2.24, 2.45) is 5.41 Å². The first-order valence-corrected chi connectivity index (χ1v) is 5.93. The third kappa shape index (κ3) is 3.59. The predicted molar refractivity (Wildman–Crippen MR) is 65.5 cm³/mol. The first-order valence-electron chi connectivity index (χ1n) is 5.93. The van der Waals surface area contributed by atoms with Gasteiger partial charge in [-0.05, 0) is 32.4 Å². The number of ketones is 1. The molecule has 1 aromatic rings. The van der Waals surface area contributed by atoms with E-state index in [2.05, 4.69) is 0 Å². The van der Waals surface area contributed by atoms with Crippen LogP contribution in [0, 0.1) is 17.0 Å². The van der Waals surface area contributed by atoms with Gasteiger partial charge in [0.25, 0.3) is 0 Å². The normalized spacial score (nSPS) is 11.2. The summed E-state index contributed by atoms with van der Waals surface area (Å²) in [6.45, 7) is 4.65. The second kappa shape index (κ2) is 5.91. The quantitative estimate of drug-likeness (QED) is 0.610. The van der Waals surface area contributed by atoms with Gasteiger partial charge in [-0.15, -0.1) is 0 Å². The van der Waals surface area contributed by atoms with Gasteiger partial charge in [-0.3, -0.25) is 9.59 Å². The minimum absolute atomic E-state index is 0.0590. The van der Waals surface area contributed by atoms with Crippen molar-refractivity contribution < 1.29 is 23.1 Å². The third-order valence-corrected chi connectivity index (χ3v) is 2.85. The van der Waals surface area contributed by atoms with E-state index in [1.165, 1.54) is 19.9 Å². The highest BCUT2D eigenvalue weighted by molar-refractivity contribution is 6.03. The van der Waals surface area contributed by atoms with Crippen LogP contribution in [-0.4, -0.2) is 18.4 Å². The Balaban J connectivity index is 2.87. The number of hydrogen-bond donors (Lipinski definition) is 0. The van der Waals surface area contributed by atoms with Gasteiger partial charge in [0, 0.05) is 12.5 Å². The predicted octanol–water partition coefficient (Wildman–Crippen LogP) is 2.67. The van der Waals surface area contributed by atoms with E-state index in [1.807, 2.05) is 0 Å². The number of carbonyl (C=O) groups is 2. The molecule has 0 radical (unpaired) electrons. The van der Waals surface area contributed by atoms with E-state index in [-0.39, 0.29) is 18.6 Å². The highest BCUT2D eigenvalue weighted by Crippen LogP contribution is 2.22. The van der Waals surface area contributed by atoms with Gasteiger partial charge in [0.1, 0.15) is 17.0 Å². The molecule has 0 aliphatic heterocycles. The number of ether oxygens (including phenoxy) is 1. The summed E-state index contributed by atoms with van der Waals surface area (Å²) < 4.78 is 31.0. The van der Waals surface area contributed by atoms with E-state index in [1.54, 1.807) is 6.92 Å². The molecule has 0 aromatic heterocycles. The van der Waals surface area contributed by atoms with Crippen LogP contribution < -0.4 is 0 Å². The van der Waals surface area contributed by atoms with Crippen LogP contribution in [0.15, 0.2) is 18.2 Å². The third-order valence-electron chi connectivity index (χ3n) is 2.85. The van der Waals surface area contributed by atoms with Crippen molar-refractivity contribution in [1.82, 2.24) is 0 Å². The van der Waals surface area contributed by atoms with Gasteiger partial charge in [0.05, 0.1) is 6.61 Å². The lowest BCUT2D eigenvalue weighted by atomic mass is 9.85. The van der Waals surface area contributed by atoms with Gasteiger partial charge in [-0.1, -0.05) is 6.07 Å². The molecule has 0 saturated heterocycles.